The molecule has 0 unspecified atom stereocenters. The van der Waals surface area contributed by atoms with Crippen molar-refractivity contribution in [1.29, 1.82) is 0 Å². The molecule has 1 fully saturated rings. The molecule has 0 bridgehead atoms. The van der Waals surface area contributed by atoms with Crippen LogP contribution < -0.4 is 16.4 Å². The number of urea groups is 1. The zero-order valence-electron chi connectivity index (χ0n) is 15.9. The van der Waals surface area contributed by atoms with Crippen LogP contribution in [-0.4, -0.2) is 82.6 Å². The number of aromatic nitrogens is 3. The van der Waals surface area contributed by atoms with Crippen LogP contribution in [0.1, 0.15) is 12.7 Å². The number of aromatic amines is 1. The number of nitrogens with two attached hydrogens (primary N) is 1. The lowest BCUT2D eigenvalue weighted by molar-refractivity contribution is 0.0526. The fourth-order valence-electron chi connectivity index (χ4n) is 2.75. The average molecular weight is 388 g/mol. The number of amides is 2. The molecule has 5 N–H and O–H groups in total. The summed E-state index contributed by atoms with van der Waals surface area (Å²) >= 11 is 0. The summed E-state index contributed by atoms with van der Waals surface area (Å²) in [5.41, 5.74) is 6.87. The summed E-state index contributed by atoms with van der Waals surface area (Å²) in [6.45, 7) is 8.57. The number of nitrogens with zero attached hydrogens (tertiary/aromatic N) is 6. The predicted molar refractivity (Wildman–Crippen MR) is 103 cm³/mol. The molecule has 1 aromatic heterocycles. The normalized spacial score (nSPS) is 20.2. The first-order valence-corrected chi connectivity index (χ1v) is 8.85. The maximum Gasteiger partial charge on any atom is 0.320 e. The third-order valence-electron chi connectivity index (χ3n) is 4.11. The highest BCUT2D eigenvalue weighted by Crippen LogP contribution is 2.22. The summed E-state index contributed by atoms with van der Waals surface area (Å²) < 4.78 is 5.38. The van der Waals surface area contributed by atoms with Gasteiger partial charge in [0.1, 0.15) is 23.7 Å². The van der Waals surface area contributed by atoms with Crippen molar-refractivity contribution in [3.05, 3.63) is 36.1 Å². The van der Waals surface area contributed by atoms with E-state index in [-0.39, 0.29) is 11.9 Å². The lowest BCUT2D eigenvalue weighted by Crippen LogP contribution is -2.40. The van der Waals surface area contributed by atoms with Gasteiger partial charge in [0, 0.05) is 26.7 Å². The van der Waals surface area contributed by atoms with E-state index in [2.05, 4.69) is 42.4 Å². The van der Waals surface area contributed by atoms with Crippen LogP contribution in [0.4, 0.5) is 4.79 Å². The van der Waals surface area contributed by atoms with E-state index in [0.717, 1.165) is 0 Å². The number of morpholine rings is 1. The summed E-state index contributed by atoms with van der Waals surface area (Å²) in [6.07, 6.45) is 1.46. The Morgan fingerprint density at radius 2 is 2.21 bits per heavy atom. The molecule has 12 heteroatoms. The molecule has 0 saturated carbocycles. The zero-order valence-corrected chi connectivity index (χ0v) is 15.9. The summed E-state index contributed by atoms with van der Waals surface area (Å²) in [5.74, 6) is 1.95. The number of aliphatic imine (C=N–C) groups is 2. The van der Waals surface area contributed by atoms with Gasteiger partial charge in [0.25, 0.3) is 0 Å². The lowest BCUT2D eigenvalue weighted by atomic mass is 10.3. The molecule has 3 heterocycles. The molecule has 3 rings (SSSR count). The van der Waals surface area contributed by atoms with Crippen molar-refractivity contribution in [2.45, 2.75) is 6.92 Å². The minimum atomic E-state index is -0.390. The molecule has 1 saturated heterocycles. The second-order valence-corrected chi connectivity index (χ2v) is 6.02. The number of ether oxygens (including phenoxy) is 1. The van der Waals surface area contributed by atoms with Gasteiger partial charge in [-0.05, 0) is 6.92 Å². The molecule has 0 radical (unpaired) electrons. The topological polar surface area (TPSA) is 149 Å². The second kappa shape index (κ2) is 8.52. The van der Waals surface area contributed by atoms with Gasteiger partial charge < -0.3 is 25.6 Å². The first kappa shape index (κ1) is 19.4. The monoisotopic (exact) mass is 388 g/mol. The maximum absolute atomic E-state index is 11.7. The molecular weight excluding hydrogens is 364 g/mol. The van der Waals surface area contributed by atoms with Gasteiger partial charge in [-0.3, -0.25) is 10.4 Å². The fourth-order valence-corrected chi connectivity index (χ4v) is 2.75. The summed E-state index contributed by atoms with van der Waals surface area (Å²) in [4.78, 5) is 28.6. The lowest BCUT2D eigenvalue weighted by Gasteiger charge is -2.29. The van der Waals surface area contributed by atoms with Crippen LogP contribution in [-0.2, 0) is 4.74 Å². The number of rotatable bonds is 5. The van der Waals surface area contributed by atoms with Crippen molar-refractivity contribution in [3.63, 3.8) is 0 Å². The molecule has 1 aromatic rings. The average Bonchev–Trinajstić information content (AvgIpc) is 3.31. The fraction of sp³-hybridized carbons (Fsp3) is 0.438. The van der Waals surface area contributed by atoms with E-state index in [9.17, 15) is 4.79 Å². The molecule has 12 nitrogen and oxygen atoms in total. The maximum atomic E-state index is 11.7. The first-order valence-electron chi connectivity index (χ1n) is 8.85. The van der Waals surface area contributed by atoms with Gasteiger partial charge in [0.15, 0.2) is 11.7 Å². The number of hydrogen-bond donors (Lipinski definition) is 4. The van der Waals surface area contributed by atoms with Crippen LogP contribution in [0.3, 0.4) is 0 Å². The molecule has 0 aliphatic carbocycles. The summed E-state index contributed by atoms with van der Waals surface area (Å²) in [5, 5.41) is 11.9. The van der Waals surface area contributed by atoms with Gasteiger partial charge in [-0.1, -0.05) is 6.58 Å². The van der Waals surface area contributed by atoms with Gasteiger partial charge in [0.2, 0.25) is 5.82 Å². The first-order chi connectivity index (χ1) is 13.5. The SMILES string of the molecule is C=C(/N=C1\C(=C(/N)N2CCOCC2)N=C(c2nc[nH]n2)N1C)NC(=O)NCC. The zero-order chi connectivity index (χ0) is 20.1. The molecule has 150 valence electrons. The van der Waals surface area contributed by atoms with Gasteiger partial charge in [-0.2, -0.15) is 5.10 Å². The van der Waals surface area contributed by atoms with Gasteiger partial charge >= 0.3 is 6.03 Å². The predicted octanol–water partition coefficient (Wildman–Crippen LogP) is -0.854. The van der Waals surface area contributed by atoms with E-state index >= 15 is 0 Å². The second-order valence-electron chi connectivity index (χ2n) is 6.02. The van der Waals surface area contributed by atoms with Crippen LogP contribution in [0.25, 0.3) is 0 Å². The Balaban J connectivity index is 1.94. The number of nitrogens with one attached hydrogen (secondary N) is 3. The number of hydrogen-bond acceptors (Lipinski definition) is 8. The third kappa shape index (κ3) is 4.11. The molecule has 2 aliphatic heterocycles. The molecule has 28 heavy (non-hydrogen) atoms. The van der Waals surface area contributed by atoms with Crippen LogP contribution in [0.5, 0.6) is 0 Å². The van der Waals surface area contributed by atoms with Crippen molar-refractivity contribution in [1.82, 2.24) is 35.6 Å². The molecule has 0 aromatic carbocycles. The minimum absolute atomic E-state index is 0.159. The summed E-state index contributed by atoms with van der Waals surface area (Å²) in [7, 11) is 1.77. The van der Waals surface area contributed by atoms with Crippen molar-refractivity contribution in [2.75, 3.05) is 39.9 Å². The Morgan fingerprint density at radius 1 is 1.46 bits per heavy atom. The van der Waals surface area contributed by atoms with E-state index in [1.54, 1.807) is 11.9 Å². The minimum Gasteiger partial charge on any atom is -0.383 e. The Morgan fingerprint density at radius 3 is 2.86 bits per heavy atom. The smallest absolute Gasteiger partial charge is 0.320 e. The Labute approximate surface area is 162 Å². The van der Waals surface area contributed by atoms with E-state index in [1.165, 1.54) is 6.33 Å². The van der Waals surface area contributed by atoms with Gasteiger partial charge in [0.05, 0.1) is 13.2 Å². The highest BCUT2D eigenvalue weighted by Gasteiger charge is 2.32. The number of carbonyl (C=O) groups is 1. The van der Waals surface area contributed by atoms with Gasteiger partial charge in [-0.15, -0.1) is 0 Å². The number of likely N-dealkylation sites (N-methyl/N-ethyl adjacent to an activating group) is 1. The Bertz CT molecular complexity index is 820. The van der Waals surface area contributed by atoms with Crippen LogP contribution in [0.2, 0.25) is 0 Å². The number of carbonyl (C=O) groups excluding carboxylic acids is 1. The van der Waals surface area contributed by atoms with Crippen molar-refractivity contribution >= 4 is 17.7 Å². The van der Waals surface area contributed by atoms with E-state index < -0.39 is 0 Å². The van der Waals surface area contributed by atoms with Crippen LogP contribution >= 0.6 is 0 Å². The highest BCUT2D eigenvalue weighted by atomic mass is 16.5. The quantitative estimate of drug-likeness (QED) is 0.513. The molecule has 2 aliphatic rings. The largest absolute Gasteiger partial charge is 0.383 e. The molecule has 0 spiro atoms. The molecular formula is C16H24N10O2. The van der Waals surface area contributed by atoms with E-state index in [1.807, 2.05) is 11.8 Å². The number of amidine groups is 2. The van der Waals surface area contributed by atoms with E-state index in [4.69, 9.17) is 10.5 Å². The van der Waals surface area contributed by atoms with Crippen molar-refractivity contribution < 1.29 is 9.53 Å². The standard InChI is InChI=1S/C16H24N10O2/c1-4-18-16(27)22-10(2)21-14-11(12(17)26-5-7-28-8-6-26)23-15(25(14)3)13-19-9-20-24-13/h9H,2,4-8,17H2,1,3H3,(H2,18,22,27)(H,19,20,24)/b12-11-,21-14+. The summed E-state index contributed by atoms with van der Waals surface area (Å²) in [6, 6.07) is -0.390. The van der Waals surface area contributed by atoms with Crippen molar-refractivity contribution in [2.24, 2.45) is 15.7 Å². The molecule has 2 amide bonds. The number of H-pyrrole nitrogens is 1. The van der Waals surface area contributed by atoms with Gasteiger partial charge in [-0.25, -0.2) is 19.8 Å². The Hall–Kier alpha value is -3.41. The van der Waals surface area contributed by atoms with Crippen LogP contribution in [0.15, 0.2) is 40.2 Å². The molecule has 0 atom stereocenters. The van der Waals surface area contributed by atoms with Crippen molar-refractivity contribution in [3.8, 4) is 0 Å². The van der Waals surface area contributed by atoms with Crippen LogP contribution in [0, 0.1) is 0 Å². The third-order valence-corrected chi connectivity index (χ3v) is 4.11. The van der Waals surface area contributed by atoms with E-state index in [0.29, 0.717) is 61.9 Å². The highest BCUT2D eigenvalue weighted by molar-refractivity contribution is 6.19. The Kier molecular flexibility index (Phi) is 5.89.